The molecule has 234 valence electrons. The zero-order valence-corrected chi connectivity index (χ0v) is 27.1. The van der Waals surface area contributed by atoms with Gasteiger partial charge in [0.25, 0.3) is 0 Å². The van der Waals surface area contributed by atoms with Gasteiger partial charge in [-0.2, -0.15) is 0 Å². The molecule has 7 rings (SSSR count). The van der Waals surface area contributed by atoms with Crippen LogP contribution in [-0.2, 0) is 0 Å². The standard InChI is InChI=1S/C44H33N5/c1-3-4-7-16-31(2)36-28-42(38-23-12-13-26-45-38)47-43(29-36)39-25-15-24-37(46-39)34-21-14-22-35(27-34)41-30-40(32-17-8-5-9-18-32)48-44(49-41)33-19-10-6-11-20-33/h3-30H,1H2,2H3/b7-4-,31-16+. The van der Waals surface area contributed by atoms with E-state index in [0.717, 1.165) is 73.2 Å². The lowest BCUT2D eigenvalue weighted by Crippen LogP contribution is -1.97. The largest absolute Gasteiger partial charge is 0.255 e. The van der Waals surface area contributed by atoms with E-state index in [1.54, 1.807) is 12.3 Å². The highest BCUT2D eigenvalue weighted by Crippen LogP contribution is 2.32. The van der Waals surface area contributed by atoms with E-state index >= 15 is 0 Å². The molecule has 5 nitrogen and oxygen atoms in total. The molecule has 49 heavy (non-hydrogen) atoms. The summed E-state index contributed by atoms with van der Waals surface area (Å²) in [6.45, 7) is 5.86. The zero-order chi connectivity index (χ0) is 33.4. The van der Waals surface area contributed by atoms with E-state index in [0.29, 0.717) is 5.82 Å². The molecule has 0 amide bonds. The number of benzene rings is 3. The van der Waals surface area contributed by atoms with Gasteiger partial charge < -0.3 is 0 Å². The third-order valence-corrected chi connectivity index (χ3v) is 8.09. The first kappa shape index (κ1) is 31.0. The first-order valence-electron chi connectivity index (χ1n) is 16.1. The van der Waals surface area contributed by atoms with Crippen molar-refractivity contribution >= 4 is 5.57 Å². The third-order valence-electron chi connectivity index (χ3n) is 8.09. The summed E-state index contributed by atoms with van der Waals surface area (Å²) in [5.41, 5.74) is 11.8. The number of nitrogens with zero attached hydrogens (tertiary/aromatic N) is 5. The van der Waals surface area contributed by atoms with Gasteiger partial charge in [0, 0.05) is 28.5 Å². The maximum Gasteiger partial charge on any atom is 0.160 e. The minimum Gasteiger partial charge on any atom is -0.255 e. The van der Waals surface area contributed by atoms with Crippen LogP contribution in [0.4, 0.5) is 0 Å². The molecule has 0 spiro atoms. The molecule has 4 aromatic heterocycles. The molecule has 0 saturated carbocycles. The van der Waals surface area contributed by atoms with Crippen molar-refractivity contribution in [1.29, 1.82) is 0 Å². The molecule has 0 fully saturated rings. The molecule has 0 radical (unpaired) electrons. The fraction of sp³-hybridized carbons (Fsp3) is 0.0227. The van der Waals surface area contributed by atoms with Crippen LogP contribution in [0.2, 0.25) is 0 Å². The van der Waals surface area contributed by atoms with Crippen molar-refractivity contribution in [3.05, 3.63) is 182 Å². The maximum atomic E-state index is 5.13. The van der Waals surface area contributed by atoms with E-state index < -0.39 is 0 Å². The summed E-state index contributed by atoms with van der Waals surface area (Å²) >= 11 is 0. The number of allylic oxidation sites excluding steroid dienone is 5. The van der Waals surface area contributed by atoms with Gasteiger partial charge in [0.15, 0.2) is 5.82 Å². The van der Waals surface area contributed by atoms with Gasteiger partial charge in [-0.1, -0.05) is 122 Å². The summed E-state index contributed by atoms with van der Waals surface area (Å²) < 4.78 is 0. The minimum atomic E-state index is 0.682. The van der Waals surface area contributed by atoms with Gasteiger partial charge in [-0.05, 0) is 66.6 Å². The third kappa shape index (κ3) is 7.22. The summed E-state index contributed by atoms with van der Waals surface area (Å²) in [5.74, 6) is 0.682. The molecule has 0 saturated heterocycles. The molecule has 0 unspecified atom stereocenters. The van der Waals surface area contributed by atoms with Crippen molar-refractivity contribution in [2.45, 2.75) is 6.92 Å². The number of rotatable bonds is 9. The van der Waals surface area contributed by atoms with E-state index in [1.165, 1.54) is 0 Å². The van der Waals surface area contributed by atoms with Crippen molar-refractivity contribution in [2.24, 2.45) is 0 Å². The van der Waals surface area contributed by atoms with Gasteiger partial charge in [0.2, 0.25) is 0 Å². The van der Waals surface area contributed by atoms with Gasteiger partial charge in [0.1, 0.15) is 0 Å². The Morgan fingerprint density at radius 3 is 1.76 bits per heavy atom. The summed E-state index contributed by atoms with van der Waals surface area (Å²) in [6, 6.07) is 46.8. The topological polar surface area (TPSA) is 64.5 Å². The molecule has 4 heterocycles. The number of hydrogen-bond acceptors (Lipinski definition) is 5. The minimum absolute atomic E-state index is 0.682. The Balaban J connectivity index is 1.30. The van der Waals surface area contributed by atoms with E-state index in [4.69, 9.17) is 19.9 Å². The highest BCUT2D eigenvalue weighted by Gasteiger charge is 2.14. The lowest BCUT2D eigenvalue weighted by Gasteiger charge is -2.12. The Hall–Kier alpha value is -6.59. The van der Waals surface area contributed by atoms with Gasteiger partial charge >= 0.3 is 0 Å². The zero-order valence-electron chi connectivity index (χ0n) is 27.1. The summed E-state index contributed by atoms with van der Waals surface area (Å²) in [7, 11) is 0. The SMILES string of the molecule is C=C/C=C\C=C(/C)c1cc(-c2ccccn2)nc(-c2cccc(-c3cccc(-c4cc(-c5ccccc5)nc(-c5ccccc5)n4)c3)n2)c1. The first-order chi connectivity index (χ1) is 24.1. The Morgan fingerprint density at radius 1 is 0.469 bits per heavy atom. The van der Waals surface area contributed by atoms with Crippen LogP contribution in [0.3, 0.4) is 0 Å². The van der Waals surface area contributed by atoms with Crippen LogP contribution >= 0.6 is 0 Å². The van der Waals surface area contributed by atoms with Crippen LogP contribution in [0.15, 0.2) is 177 Å². The van der Waals surface area contributed by atoms with Gasteiger partial charge in [0.05, 0.1) is 39.9 Å². The van der Waals surface area contributed by atoms with E-state index in [9.17, 15) is 0 Å². The molecular weight excluding hydrogens is 599 g/mol. The molecule has 7 aromatic rings. The van der Waals surface area contributed by atoms with Crippen molar-refractivity contribution in [3.63, 3.8) is 0 Å². The number of hydrogen-bond donors (Lipinski definition) is 0. The molecule has 0 N–H and O–H groups in total. The molecule has 0 aliphatic rings. The molecule has 3 aromatic carbocycles. The van der Waals surface area contributed by atoms with E-state index in [1.807, 2.05) is 97.1 Å². The second-order valence-electron chi connectivity index (χ2n) is 11.5. The quantitative estimate of drug-likeness (QED) is 0.148. The molecule has 5 heteroatoms. The first-order valence-corrected chi connectivity index (χ1v) is 16.1. The molecule has 0 bridgehead atoms. The predicted molar refractivity (Wildman–Crippen MR) is 201 cm³/mol. The molecular formula is C44H33N5. The van der Waals surface area contributed by atoms with Crippen molar-refractivity contribution in [1.82, 2.24) is 24.9 Å². The Bertz CT molecular complexity index is 2240. The van der Waals surface area contributed by atoms with Crippen LogP contribution in [0.1, 0.15) is 12.5 Å². The Morgan fingerprint density at radius 2 is 1.04 bits per heavy atom. The molecule has 0 aliphatic heterocycles. The second kappa shape index (κ2) is 14.4. The Labute approximate surface area is 286 Å². The molecule has 0 aliphatic carbocycles. The van der Waals surface area contributed by atoms with Crippen LogP contribution in [-0.4, -0.2) is 24.9 Å². The lowest BCUT2D eigenvalue weighted by molar-refractivity contribution is 1.18. The van der Waals surface area contributed by atoms with Crippen LogP contribution < -0.4 is 0 Å². The highest BCUT2D eigenvalue weighted by molar-refractivity contribution is 5.77. The predicted octanol–water partition coefficient (Wildman–Crippen LogP) is 10.8. The summed E-state index contributed by atoms with van der Waals surface area (Å²) in [4.78, 5) is 24.7. The van der Waals surface area contributed by atoms with Crippen molar-refractivity contribution < 1.29 is 0 Å². The van der Waals surface area contributed by atoms with Crippen LogP contribution in [0, 0.1) is 0 Å². The van der Waals surface area contributed by atoms with Crippen LogP contribution in [0.5, 0.6) is 0 Å². The number of pyridine rings is 3. The molecule has 0 atom stereocenters. The summed E-state index contributed by atoms with van der Waals surface area (Å²) in [5, 5.41) is 0. The fourth-order valence-corrected chi connectivity index (χ4v) is 5.55. The van der Waals surface area contributed by atoms with E-state index in [2.05, 4.69) is 79.2 Å². The maximum absolute atomic E-state index is 5.13. The van der Waals surface area contributed by atoms with Crippen LogP contribution in [0.25, 0.3) is 73.5 Å². The highest BCUT2D eigenvalue weighted by atomic mass is 14.9. The second-order valence-corrected chi connectivity index (χ2v) is 11.5. The van der Waals surface area contributed by atoms with Crippen molar-refractivity contribution in [2.75, 3.05) is 0 Å². The van der Waals surface area contributed by atoms with Gasteiger partial charge in [-0.3, -0.25) is 4.98 Å². The lowest BCUT2D eigenvalue weighted by atomic mass is 10.0. The van der Waals surface area contributed by atoms with E-state index in [-0.39, 0.29) is 0 Å². The fourth-order valence-electron chi connectivity index (χ4n) is 5.55. The van der Waals surface area contributed by atoms with Gasteiger partial charge in [-0.15, -0.1) is 0 Å². The average molecular weight is 632 g/mol. The average Bonchev–Trinajstić information content (AvgIpc) is 3.18. The van der Waals surface area contributed by atoms with Crippen molar-refractivity contribution in [3.8, 4) is 67.9 Å². The number of aromatic nitrogens is 5. The Kier molecular flexibility index (Phi) is 9.15. The smallest absolute Gasteiger partial charge is 0.160 e. The summed E-state index contributed by atoms with van der Waals surface area (Å²) in [6.07, 6.45) is 9.52. The van der Waals surface area contributed by atoms with Gasteiger partial charge in [-0.25, -0.2) is 19.9 Å². The monoisotopic (exact) mass is 631 g/mol. The normalized spacial score (nSPS) is 11.5.